The van der Waals surface area contributed by atoms with Crippen LogP contribution in [0, 0.1) is 0 Å². The summed E-state index contributed by atoms with van der Waals surface area (Å²) in [7, 11) is -3.70. The van der Waals surface area contributed by atoms with E-state index in [0.29, 0.717) is 18.7 Å². The molecular formula is C18H20N4O3S. The molecule has 1 atom stereocenters. The standard InChI is InChI=1S/C18H20N4O3S/c1-12(18-21-15-4-2-3-5-16(15)22-18)20-17(23)11-8-13-6-9-14(10-7-13)26(19,24)25/h2-7,9-10,12H,8,11H2,1H3,(H,20,23)(H,21,22)(H2,19,24,25)/t12-/m1/s1. The molecule has 26 heavy (non-hydrogen) atoms. The fourth-order valence-corrected chi connectivity index (χ4v) is 3.18. The summed E-state index contributed by atoms with van der Waals surface area (Å²) in [6.07, 6.45) is 0.795. The predicted octanol–water partition coefficient (Wildman–Crippen LogP) is 2.02. The van der Waals surface area contributed by atoms with E-state index in [0.717, 1.165) is 16.6 Å². The first-order valence-corrected chi connectivity index (χ1v) is 9.73. The molecule has 0 unspecified atom stereocenters. The van der Waals surface area contributed by atoms with E-state index >= 15 is 0 Å². The van der Waals surface area contributed by atoms with Crippen LogP contribution >= 0.6 is 0 Å². The molecule has 4 N–H and O–H groups in total. The van der Waals surface area contributed by atoms with E-state index in [4.69, 9.17) is 5.14 Å². The van der Waals surface area contributed by atoms with Gasteiger partial charge in [0.1, 0.15) is 5.82 Å². The number of nitrogens with zero attached hydrogens (tertiary/aromatic N) is 1. The molecule has 1 heterocycles. The van der Waals surface area contributed by atoms with Crippen molar-refractivity contribution < 1.29 is 13.2 Å². The molecule has 136 valence electrons. The van der Waals surface area contributed by atoms with Gasteiger partial charge >= 0.3 is 0 Å². The van der Waals surface area contributed by atoms with Crippen LogP contribution in [-0.4, -0.2) is 24.3 Å². The van der Waals surface area contributed by atoms with Crippen LogP contribution in [0.25, 0.3) is 11.0 Å². The molecule has 3 rings (SSSR count). The molecule has 0 saturated carbocycles. The molecule has 0 bridgehead atoms. The summed E-state index contributed by atoms with van der Waals surface area (Å²) in [5.41, 5.74) is 2.65. The van der Waals surface area contributed by atoms with E-state index in [9.17, 15) is 13.2 Å². The molecule has 0 saturated heterocycles. The molecule has 0 aliphatic rings. The minimum atomic E-state index is -3.70. The number of nitrogens with two attached hydrogens (primary N) is 1. The molecule has 0 aliphatic carbocycles. The summed E-state index contributed by atoms with van der Waals surface area (Å²) in [6, 6.07) is 13.7. The van der Waals surface area contributed by atoms with Gasteiger partial charge in [0.05, 0.1) is 22.0 Å². The third kappa shape index (κ3) is 4.27. The summed E-state index contributed by atoms with van der Waals surface area (Å²) < 4.78 is 22.5. The highest BCUT2D eigenvalue weighted by Gasteiger charge is 2.14. The lowest BCUT2D eigenvalue weighted by Crippen LogP contribution is -2.27. The highest BCUT2D eigenvalue weighted by molar-refractivity contribution is 7.89. The SMILES string of the molecule is C[C@@H](NC(=O)CCc1ccc(S(N)(=O)=O)cc1)c1nc2ccccc2[nH]1. The van der Waals surface area contributed by atoms with Crippen molar-refractivity contribution in [2.75, 3.05) is 0 Å². The van der Waals surface area contributed by atoms with Gasteiger partial charge in [-0.3, -0.25) is 4.79 Å². The minimum Gasteiger partial charge on any atom is -0.346 e. The van der Waals surface area contributed by atoms with E-state index < -0.39 is 10.0 Å². The van der Waals surface area contributed by atoms with Crippen LogP contribution in [-0.2, 0) is 21.2 Å². The Morgan fingerprint density at radius 2 is 1.88 bits per heavy atom. The Labute approximate surface area is 151 Å². The maximum Gasteiger partial charge on any atom is 0.238 e. The topological polar surface area (TPSA) is 118 Å². The number of aromatic nitrogens is 2. The number of para-hydroxylation sites is 2. The maximum atomic E-state index is 12.2. The molecule has 2 aromatic carbocycles. The second-order valence-corrected chi connectivity index (χ2v) is 7.68. The van der Waals surface area contributed by atoms with Crippen LogP contribution in [0.3, 0.4) is 0 Å². The normalized spacial score (nSPS) is 12.8. The van der Waals surface area contributed by atoms with Crippen molar-refractivity contribution in [3.05, 3.63) is 59.9 Å². The average Bonchev–Trinajstić information content (AvgIpc) is 3.04. The van der Waals surface area contributed by atoms with Gasteiger partial charge < -0.3 is 10.3 Å². The van der Waals surface area contributed by atoms with Gasteiger partial charge in [0, 0.05) is 6.42 Å². The Kier molecular flexibility index (Phi) is 5.06. The van der Waals surface area contributed by atoms with Crippen molar-refractivity contribution in [2.45, 2.75) is 30.7 Å². The van der Waals surface area contributed by atoms with Crippen molar-refractivity contribution in [2.24, 2.45) is 5.14 Å². The number of hydrogen-bond donors (Lipinski definition) is 3. The second kappa shape index (κ2) is 7.27. The van der Waals surface area contributed by atoms with Gasteiger partial charge in [-0.05, 0) is 43.2 Å². The zero-order chi connectivity index (χ0) is 18.7. The summed E-state index contributed by atoms with van der Waals surface area (Å²) in [4.78, 5) is 19.9. The first-order valence-electron chi connectivity index (χ1n) is 8.19. The van der Waals surface area contributed by atoms with Gasteiger partial charge in [-0.2, -0.15) is 0 Å². The third-order valence-corrected chi connectivity index (χ3v) is 5.02. The van der Waals surface area contributed by atoms with Gasteiger partial charge in [0.2, 0.25) is 15.9 Å². The molecule has 0 radical (unpaired) electrons. The summed E-state index contributed by atoms with van der Waals surface area (Å²) >= 11 is 0. The number of aromatic amines is 1. The number of nitrogens with one attached hydrogen (secondary N) is 2. The fourth-order valence-electron chi connectivity index (χ4n) is 2.66. The van der Waals surface area contributed by atoms with Crippen LogP contribution in [0.1, 0.15) is 30.8 Å². The Balaban J connectivity index is 1.56. The number of primary sulfonamides is 1. The van der Waals surface area contributed by atoms with Crippen LogP contribution in [0.15, 0.2) is 53.4 Å². The Morgan fingerprint density at radius 3 is 2.54 bits per heavy atom. The molecule has 3 aromatic rings. The average molecular weight is 372 g/mol. The number of imidazole rings is 1. The van der Waals surface area contributed by atoms with E-state index in [1.54, 1.807) is 12.1 Å². The van der Waals surface area contributed by atoms with E-state index in [1.807, 2.05) is 31.2 Å². The van der Waals surface area contributed by atoms with Crippen molar-refractivity contribution in [3.8, 4) is 0 Å². The number of H-pyrrole nitrogens is 1. The molecule has 7 nitrogen and oxygen atoms in total. The molecular weight excluding hydrogens is 352 g/mol. The van der Waals surface area contributed by atoms with Gasteiger partial charge in [0.25, 0.3) is 0 Å². The first kappa shape index (κ1) is 18.1. The summed E-state index contributed by atoms with van der Waals surface area (Å²) in [5.74, 6) is 0.602. The first-order chi connectivity index (χ1) is 12.3. The van der Waals surface area contributed by atoms with Gasteiger partial charge in [-0.25, -0.2) is 18.5 Å². The largest absolute Gasteiger partial charge is 0.346 e. The molecule has 0 fully saturated rings. The number of rotatable bonds is 6. The monoisotopic (exact) mass is 372 g/mol. The Morgan fingerprint density at radius 1 is 1.19 bits per heavy atom. The van der Waals surface area contributed by atoms with Gasteiger partial charge in [-0.15, -0.1) is 0 Å². The van der Waals surface area contributed by atoms with E-state index in [1.165, 1.54) is 12.1 Å². The second-order valence-electron chi connectivity index (χ2n) is 6.12. The maximum absolute atomic E-state index is 12.2. The van der Waals surface area contributed by atoms with Crippen molar-refractivity contribution >= 4 is 27.0 Å². The number of amides is 1. The number of hydrogen-bond acceptors (Lipinski definition) is 4. The fraction of sp³-hybridized carbons (Fsp3) is 0.222. The highest BCUT2D eigenvalue weighted by Crippen LogP contribution is 2.16. The summed E-state index contributed by atoms with van der Waals surface area (Å²) in [5, 5.41) is 7.98. The van der Waals surface area contributed by atoms with Crippen molar-refractivity contribution in [3.63, 3.8) is 0 Å². The smallest absolute Gasteiger partial charge is 0.238 e. The number of benzene rings is 2. The number of carbonyl (C=O) groups is 1. The summed E-state index contributed by atoms with van der Waals surface area (Å²) in [6.45, 7) is 1.87. The lowest BCUT2D eigenvalue weighted by molar-refractivity contribution is -0.121. The van der Waals surface area contributed by atoms with Crippen molar-refractivity contribution in [1.82, 2.24) is 15.3 Å². The van der Waals surface area contributed by atoms with E-state index in [2.05, 4.69) is 15.3 Å². The Bertz CT molecular complexity index is 993. The lowest BCUT2D eigenvalue weighted by Gasteiger charge is -2.11. The number of sulfonamides is 1. The van der Waals surface area contributed by atoms with Crippen LogP contribution in [0.2, 0.25) is 0 Å². The van der Waals surface area contributed by atoms with Gasteiger partial charge in [0.15, 0.2) is 0 Å². The number of fused-ring (bicyclic) bond motifs is 1. The van der Waals surface area contributed by atoms with E-state index in [-0.39, 0.29) is 16.8 Å². The van der Waals surface area contributed by atoms with Crippen LogP contribution in [0.5, 0.6) is 0 Å². The molecule has 8 heteroatoms. The van der Waals surface area contributed by atoms with Crippen LogP contribution in [0.4, 0.5) is 0 Å². The molecule has 1 aromatic heterocycles. The number of carbonyl (C=O) groups excluding carboxylic acids is 1. The minimum absolute atomic E-state index is 0.0595. The highest BCUT2D eigenvalue weighted by atomic mass is 32.2. The predicted molar refractivity (Wildman–Crippen MR) is 98.8 cm³/mol. The molecule has 0 aliphatic heterocycles. The Hall–Kier alpha value is -2.71. The van der Waals surface area contributed by atoms with Crippen molar-refractivity contribution in [1.29, 1.82) is 0 Å². The van der Waals surface area contributed by atoms with Gasteiger partial charge in [-0.1, -0.05) is 24.3 Å². The third-order valence-electron chi connectivity index (χ3n) is 4.09. The zero-order valence-electron chi connectivity index (χ0n) is 14.3. The quantitative estimate of drug-likeness (QED) is 0.613. The molecule has 1 amide bonds. The number of aryl methyl sites for hydroxylation is 1. The van der Waals surface area contributed by atoms with Crippen LogP contribution < -0.4 is 10.5 Å². The molecule has 0 spiro atoms. The zero-order valence-corrected chi connectivity index (χ0v) is 15.1. The lowest BCUT2D eigenvalue weighted by atomic mass is 10.1.